The highest BCUT2D eigenvalue weighted by molar-refractivity contribution is 4.68. The van der Waals surface area contributed by atoms with E-state index in [4.69, 9.17) is 4.74 Å². The molecule has 17 heavy (non-hydrogen) atoms. The van der Waals surface area contributed by atoms with Crippen molar-refractivity contribution in [2.24, 2.45) is 0 Å². The van der Waals surface area contributed by atoms with E-state index < -0.39 is 0 Å². The van der Waals surface area contributed by atoms with Gasteiger partial charge in [0.2, 0.25) is 0 Å². The van der Waals surface area contributed by atoms with Gasteiger partial charge in [-0.2, -0.15) is 0 Å². The van der Waals surface area contributed by atoms with Gasteiger partial charge in [0.15, 0.2) is 0 Å². The van der Waals surface area contributed by atoms with Crippen molar-refractivity contribution < 1.29 is 4.74 Å². The summed E-state index contributed by atoms with van der Waals surface area (Å²) in [7, 11) is 0. The lowest BCUT2D eigenvalue weighted by atomic mass is 10.1. The van der Waals surface area contributed by atoms with Crippen LogP contribution in [0.5, 0.6) is 0 Å². The molecule has 0 aromatic rings. The Labute approximate surface area is 109 Å². The van der Waals surface area contributed by atoms with Crippen LogP contribution in [-0.4, -0.2) is 24.8 Å². The van der Waals surface area contributed by atoms with Gasteiger partial charge in [0.05, 0.1) is 12.2 Å². The van der Waals surface area contributed by atoms with E-state index in [1.807, 2.05) is 0 Å². The summed E-state index contributed by atoms with van der Waals surface area (Å²) in [5, 5.41) is 3.52. The van der Waals surface area contributed by atoms with Crippen LogP contribution in [-0.2, 0) is 4.74 Å². The lowest BCUT2D eigenvalue weighted by molar-refractivity contribution is -0.0154. The molecular weight excluding hydrogens is 210 g/mol. The highest BCUT2D eigenvalue weighted by atomic mass is 16.5. The van der Waals surface area contributed by atoms with Crippen molar-refractivity contribution in [2.45, 2.75) is 84.8 Å². The van der Waals surface area contributed by atoms with Crippen LogP contribution < -0.4 is 5.32 Å². The van der Waals surface area contributed by atoms with Crippen molar-refractivity contribution in [2.75, 3.05) is 13.2 Å². The Morgan fingerprint density at radius 1 is 1.00 bits per heavy atom. The molecule has 104 valence electrons. The highest BCUT2D eigenvalue weighted by Gasteiger charge is 2.14. The monoisotopic (exact) mass is 243 g/mol. The summed E-state index contributed by atoms with van der Waals surface area (Å²) >= 11 is 0. The molecule has 0 spiro atoms. The molecule has 0 aliphatic rings. The number of nitrogens with one attached hydrogen (secondary N) is 1. The van der Waals surface area contributed by atoms with Crippen molar-refractivity contribution in [1.29, 1.82) is 0 Å². The molecule has 0 aromatic carbocycles. The summed E-state index contributed by atoms with van der Waals surface area (Å²) in [4.78, 5) is 0. The Morgan fingerprint density at radius 2 is 1.65 bits per heavy atom. The molecule has 0 bridgehead atoms. The molecule has 0 radical (unpaired) electrons. The van der Waals surface area contributed by atoms with Gasteiger partial charge >= 0.3 is 0 Å². The predicted octanol–water partition coefficient (Wildman–Crippen LogP) is 4.14. The van der Waals surface area contributed by atoms with Crippen LogP contribution >= 0.6 is 0 Å². The first-order valence-corrected chi connectivity index (χ1v) is 7.37. The standard InChI is InChI=1S/C15H33NO/c1-6-8-9-10-11-12-14(16-7-2)13-17-15(3,4)5/h14,16H,6-13H2,1-5H3. The van der Waals surface area contributed by atoms with E-state index in [1.165, 1.54) is 38.5 Å². The first kappa shape index (κ1) is 16.9. The SMILES string of the molecule is CCCCCCCC(COC(C)(C)C)NCC. The first-order chi connectivity index (χ1) is 7.99. The van der Waals surface area contributed by atoms with Gasteiger partial charge < -0.3 is 10.1 Å². The van der Waals surface area contributed by atoms with Crippen LogP contribution in [0.15, 0.2) is 0 Å². The Balaban J connectivity index is 3.67. The van der Waals surface area contributed by atoms with Crippen LogP contribution in [0.25, 0.3) is 0 Å². The second kappa shape index (κ2) is 9.90. The van der Waals surface area contributed by atoms with Gasteiger partial charge in [0.1, 0.15) is 0 Å². The lowest BCUT2D eigenvalue weighted by Gasteiger charge is -2.25. The van der Waals surface area contributed by atoms with Gasteiger partial charge in [-0.1, -0.05) is 46.0 Å². The maximum absolute atomic E-state index is 5.86. The fraction of sp³-hybridized carbons (Fsp3) is 1.00. The molecule has 0 aliphatic heterocycles. The summed E-state index contributed by atoms with van der Waals surface area (Å²) in [6.07, 6.45) is 8.02. The van der Waals surface area contributed by atoms with Crippen LogP contribution in [0.2, 0.25) is 0 Å². The van der Waals surface area contributed by atoms with E-state index in [9.17, 15) is 0 Å². The average molecular weight is 243 g/mol. The zero-order chi connectivity index (χ0) is 13.1. The van der Waals surface area contributed by atoms with Gasteiger partial charge in [-0.15, -0.1) is 0 Å². The zero-order valence-electron chi connectivity index (χ0n) is 12.6. The molecule has 2 nitrogen and oxygen atoms in total. The summed E-state index contributed by atoms with van der Waals surface area (Å²) in [5.74, 6) is 0. The third-order valence-corrected chi connectivity index (χ3v) is 2.87. The fourth-order valence-corrected chi connectivity index (χ4v) is 1.88. The number of ether oxygens (including phenoxy) is 1. The fourth-order valence-electron chi connectivity index (χ4n) is 1.88. The predicted molar refractivity (Wildman–Crippen MR) is 76.5 cm³/mol. The van der Waals surface area contributed by atoms with E-state index in [2.05, 4.69) is 39.9 Å². The molecule has 0 amide bonds. The van der Waals surface area contributed by atoms with Gasteiger partial charge in [-0.3, -0.25) is 0 Å². The second-order valence-corrected chi connectivity index (χ2v) is 5.88. The summed E-state index contributed by atoms with van der Waals surface area (Å²) in [5.41, 5.74) is -0.0180. The van der Waals surface area contributed by atoms with Crippen molar-refractivity contribution >= 4 is 0 Å². The van der Waals surface area contributed by atoms with Crippen LogP contribution in [0.3, 0.4) is 0 Å². The first-order valence-electron chi connectivity index (χ1n) is 7.37. The van der Waals surface area contributed by atoms with Crippen LogP contribution in [0.4, 0.5) is 0 Å². The number of unbranched alkanes of at least 4 members (excludes halogenated alkanes) is 4. The molecule has 0 saturated carbocycles. The van der Waals surface area contributed by atoms with E-state index in [0.29, 0.717) is 6.04 Å². The van der Waals surface area contributed by atoms with Gasteiger partial charge in [-0.25, -0.2) is 0 Å². The third kappa shape index (κ3) is 12.2. The number of likely N-dealkylation sites (N-methyl/N-ethyl adjacent to an activating group) is 1. The summed E-state index contributed by atoms with van der Waals surface area (Å²) < 4.78 is 5.86. The van der Waals surface area contributed by atoms with Crippen molar-refractivity contribution in [1.82, 2.24) is 5.32 Å². The molecule has 1 unspecified atom stereocenters. The van der Waals surface area contributed by atoms with Gasteiger partial charge in [-0.05, 0) is 33.7 Å². The number of rotatable bonds is 10. The quantitative estimate of drug-likeness (QED) is 0.582. The molecule has 0 rings (SSSR count). The van der Waals surface area contributed by atoms with E-state index >= 15 is 0 Å². The topological polar surface area (TPSA) is 21.3 Å². The summed E-state index contributed by atoms with van der Waals surface area (Å²) in [6.45, 7) is 12.7. The minimum absolute atomic E-state index is 0.0180. The second-order valence-electron chi connectivity index (χ2n) is 5.88. The van der Waals surface area contributed by atoms with E-state index in [1.54, 1.807) is 0 Å². The molecular formula is C15H33NO. The largest absolute Gasteiger partial charge is 0.374 e. The minimum atomic E-state index is -0.0180. The van der Waals surface area contributed by atoms with Gasteiger partial charge in [0, 0.05) is 6.04 Å². The average Bonchev–Trinajstić information content (AvgIpc) is 2.24. The number of hydrogen-bond acceptors (Lipinski definition) is 2. The molecule has 0 saturated heterocycles. The van der Waals surface area contributed by atoms with Crippen molar-refractivity contribution in [3.05, 3.63) is 0 Å². The molecule has 0 aromatic heterocycles. The third-order valence-electron chi connectivity index (χ3n) is 2.87. The van der Waals surface area contributed by atoms with Crippen LogP contribution in [0, 0.1) is 0 Å². The molecule has 1 N–H and O–H groups in total. The summed E-state index contributed by atoms with van der Waals surface area (Å²) in [6, 6.07) is 0.529. The lowest BCUT2D eigenvalue weighted by Crippen LogP contribution is -2.36. The smallest absolute Gasteiger partial charge is 0.0626 e. The Morgan fingerprint density at radius 3 is 2.18 bits per heavy atom. The maximum Gasteiger partial charge on any atom is 0.0626 e. The van der Waals surface area contributed by atoms with Crippen LogP contribution in [0.1, 0.15) is 73.1 Å². The Hall–Kier alpha value is -0.0800. The van der Waals surface area contributed by atoms with E-state index in [-0.39, 0.29) is 5.60 Å². The van der Waals surface area contributed by atoms with Crippen molar-refractivity contribution in [3.8, 4) is 0 Å². The van der Waals surface area contributed by atoms with E-state index in [0.717, 1.165) is 13.2 Å². The Bertz CT molecular complexity index is 163. The normalized spacial score (nSPS) is 13.9. The number of hydrogen-bond donors (Lipinski definition) is 1. The van der Waals surface area contributed by atoms with Gasteiger partial charge in [0.25, 0.3) is 0 Å². The highest BCUT2D eigenvalue weighted by Crippen LogP contribution is 2.11. The molecule has 0 heterocycles. The Kier molecular flexibility index (Phi) is 9.85. The molecule has 0 aliphatic carbocycles. The van der Waals surface area contributed by atoms with Crippen molar-refractivity contribution in [3.63, 3.8) is 0 Å². The molecule has 2 heteroatoms. The minimum Gasteiger partial charge on any atom is -0.374 e. The zero-order valence-corrected chi connectivity index (χ0v) is 12.6. The maximum atomic E-state index is 5.86. The molecule has 0 fully saturated rings. The molecule has 1 atom stereocenters.